The van der Waals surface area contributed by atoms with Gasteiger partial charge in [-0.3, -0.25) is 4.99 Å². The van der Waals surface area contributed by atoms with Crippen molar-refractivity contribution in [2.75, 3.05) is 0 Å². The number of halogens is 4. The molecule has 0 aromatic heterocycles. The lowest BCUT2D eigenvalue weighted by Crippen LogP contribution is -2.00. The summed E-state index contributed by atoms with van der Waals surface area (Å²) in [5.41, 5.74) is 5.06. The molecule has 0 heterocycles. The molecule has 0 saturated heterocycles. The summed E-state index contributed by atoms with van der Waals surface area (Å²) in [6, 6.07) is 15.4. The van der Waals surface area contributed by atoms with Crippen LogP contribution in [0.15, 0.2) is 62.5 Å². The van der Waals surface area contributed by atoms with E-state index in [4.69, 9.17) is 27.9 Å². The predicted octanol–water partition coefficient (Wildman–Crippen LogP) is 8.46. The highest BCUT2D eigenvalue weighted by molar-refractivity contribution is 9.11. The smallest absolute Gasteiger partial charge is 0.142 e. The van der Waals surface area contributed by atoms with Crippen molar-refractivity contribution < 1.29 is 4.74 Å². The van der Waals surface area contributed by atoms with Crippen molar-refractivity contribution in [3.05, 3.63) is 89.8 Å². The summed E-state index contributed by atoms with van der Waals surface area (Å²) in [5, 5.41) is 1.17. The molecule has 2 nitrogen and oxygen atoms in total. The van der Waals surface area contributed by atoms with Crippen molar-refractivity contribution in [1.29, 1.82) is 0 Å². The minimum atomic E-state index is 0.320. The molecule has 0 unspecified atom stereocenters. The van der Waals surface area contributed by atoms with Crippen molar-refractivity contribution in [3.63, 3.8) is 0 Å². The first-order valence-corrected chi connectivity index (χ1v) is 10.8. The Hall–Kier alpha value is -1.33. The number of rotatable bonds is 5. The fraction of sp³-hybridized carbons (Fsp3) is 0.136. The van der Waals surface area contributed by atoms with E-state index in [1.165, 1.54) is 11.1 Å². The minimum Gasteiger partial charge on any atom is -0.487 e. The maximum absolute atomic E-state index is 6.26. The summed E-state index contributed by atoms with van der Waals surface area (Å²) in [5.74, 6) is 0.696. The van der Waals surface area contributed by atoms with Gasteiger partial charge in [0.25, 0.3) is 0 Å². The molecule has 3 rings (SSSR count). The van der Waals surface area contributed by atoms with Gasteiger partial charge in [0.05, 0.1) is 10.2 Å². The molecule has 0 aliphatic rings. The fourth-order valence-electron chi connectivity index (χ4n) is 2.57. The van der Waals surface area contributed by atoms with Gasteiger partial charge in [-0.2, -0.15) is 0 Å². The summed E-state index contributed by atoms with van der Waals surface area (Å²) in [6.45, 7) is 4.48. The Kier molecular flexibility index (Phi) is 7.21. The number of hydrogen-bond donors (Lipinski definition) is 0. The molecule has 0 fully saturated rings. The third kappa shape index (κ3) is 5.38. The van der Waals surface area contributed by atoms with E-state index in [-0.39, 0.29) is 0 Å². The Balaban J connectivity index is 1.88. The Labute approximate surface area is 191 Å². The van der Waals surface area contributed by atoms with Gasteiger partial charge >= 0.3 is 0 Å². The van der Waals surface area contributed by atoms with Gasteiger partial charge in [-0.25, -0.2) is 0 Å². The second-order valence-corrected chi connectivity index (χ2v) is 8.97. The molecule has 144 valence electrons. The molecule has 6 heteroatoms. The average molecular weight is 542 g/mol. The maximum atomic E-state index is 6.26. The van der Waals surface area contributed by atoms with Crippen LogP contribution in [-0.2, 0) is 6.61 Å². The van der Waals surface area contributed by atoms with Crippen LogP contribution in [0.2, 0.25) is 10.0 Å². The topological polar surface area (TPSA) is 21.6 Å². The summed E-state index contributed by atoms with van der Waals surface area (Å²) < 4.78 is 7.83. The van der Waals surface area contributed by atoms with E-state index < -0.39 is 0 Å². The van der Waals surface area contributed by atoms with E-state index in [1.54, 1.807) is 18.3 Å². The molecule has 0 amide bonds. The molecule has 0 N–H and O–H groups in total. The average Bonchev–Trinajstić information content (AvgIpc) is 2.63. The number of hydrogen-bond acceptors (Lipinski definition) is 2. The summed E-state index contributed by atoms with van der Waals surface area (Å²) in [6.07, 6.45) is 1.80. The highest BCUT2D eigenvalue weighted by Crippen LogP contribution is 2.34. The Morgan fingerprint density at radius 1 is 0.964 bits per heavy atom. The Morgan fingerprint density at radius 2 is 1.75 bits per heavy atom. The number of benzene rings is 3. The Bertz CT molecular complexity index is 1050. The van der Waals surface area contributed by atoms with Crippen molar-refractivity contribution in [1.82, 2.24) is 0 Å². The number of aliphatic imine (C=N–C) groups is 1. The molecule has 3 aromatic rings. The molecular weight excluding hydrogens is 525 g/mol. The molecule has 0 aliphatic carbocycles. The third-order valence-electron chi connectivity index (χ3n) is 4.27. The maximum Gasteiger partial charge on any atom is 0.142 e. The molecule has 28 heavy (non-hydrogen) atoms. The van der Waals surface area contributed by atoms with Crippen LogP contribution in [0.5, 0.6) is 5.75 Å². The van der Waals surface area contributed by atoms with E-state index >= 15 is 0 Å². The van der Waals surface area contributed by atoms with E-state index in [9.17, 15) is 0 Å². The van der Waals surface area contributed by atoms with Crippen LogP contribution >= 0.6 is 55.1 Å². The molecule has 0 spiro atoms. The first-order valence-electron chi connectivity index (χ1n) is 8.50. The van der Waals surface area contributed by atoms with Gasteiger partial charge in [0, 0.05) is 31.9 Å². The zero-order valence-electron chi connectivity index (χ0n) is 15.3. The quantitative estimate of drug-likeness (QED) is 0.297. The lowest BCUT2D eigenvalue weighted by atomic mass is 10.1. The van der Waals surface area contributed by atoms with E-state index in [0.717, 1.165) is 25.8 Å². The predicted molar refractivity (Wildman–Crippen MR) is 126 cm³/mol. The molecule has 0 aliphatic heterocycles. The van der Waals surface area contributed by atoms with Crippen LogP contribution in [0, 0.1) is 13.8 Å². The van der Waals surface area contributed by atoms with Crippen LogP contribution in [0.4, 0.5) is 5.69 Å². The van der Waals surface area contributed by atoms with Gasteiger partial charge in [-0.1, -0.05) is 51.3 Å². The monoisotopic (exact) mass is 539 g/mol. The molecule has 0 radical (unpaired) electrons. The van der Waals surface area contributed by atoms with Crippen LogP contribution in [0.25, 0.3) is 0 Å². The largest absolute Gasteiger partial charge is 0.487 e. The van der Waals surface area contributed by atoms with Gasteiger partial charge in [0.1, 0.15) is 12.4 Å². The molecular formula is C22H17Br2Cl2NO. The SMILES string of the molecule is Cc1ccc(N=Cc2cc(Br)cc(Br)c2OCc2ccc(Cl)cc2Cl)cc1C. The highest BCUT2D eigenvalue weighted by Gasteiger charge is 2.11. The van der Waals surface area contributed by atoms with Crippen LogP contribution in [-0.4, -0.2) is 6.21 Å². The molecule has 0 saturated carbocycles. The van der Waals surface area contributed by atoms with Gasteiger partial charge in [0.15, 0.2) is 0 Å². The second kappa shape index (κ2) is 9.45. The summed E-state index contributed by atoms with van der Waals surface area (Å²) >= 11 is 19.3. The van der Waals surface area contributed by atoms with Crippen molar-refractivity contribution in [2.45, 2.75) is 20.5 Å². The van der Waals surface area contributed by atoms with Crippen LogP contribution < -0.4 is 4.74 Å². The number of ether oxygens (including phenoxy) is 1. The first kappa shape index (κ1) is 21.4. The van der Waals surface area contributed by atoms with Crippen molar-refractivity contribution >= 4 is 67.0 Å². The van der Waals surface area contributed by atoms with Crippen molar-refractivity contribution in [2.24, 2.45) is 4.99 Å². The van der Waals surface area contributed by atoms with Gasteiger partial charge in [-0.05, 0) is 77.3 Å². The Morgan fingerprint density at radius 3 is 2.46 bits per heavy atom. The number of aryl methyl sites for hydroxylation is 2. The minimum absolute atomic E-state index is 0.320. The van der Waals surface area contributed by atoms with Gasteiger partial charge < -0.3 is 4.74 Å². The standard InChI is InChI=1S/C22H17Br2Cl2NO/c1-13-3-6-19(7-14(13)2)27-11-16-8-17(23)9-20(24)22(16)28-12-15-4-5-18(25)10-21(15)26/h3-11H,12H2,1-2H3. The third-order valence-corrected chi connectivity index (χ3v) is 5.90. The van der Waals surface area contributed by atoms with Gasteiger partial charge in [0.2, 0.25) is 0 Å². The first-order chi connectivity index (χ1) is 13.3. The van der Waals surface area contributed by atoms with E-state index in [0.29, 0.717) is 22.4 Å². The van der Waals surface area contributed by atoms with Crippen LogP contribution in [0.1, 0.15) is 22.3 Å². The van der Waals surface area contributed by atoms with E-state index in [2.05, 4.69) is 62.8 Å². The zero-order valence-corrected chi connectivity index (χ0v) is 20.0. The van der Waals surface area contributed by atoms with Crippen LogP contribution in [0.3, 0.4) is 0 Å². The second-order valence-electron chi connectivity index (χ2n) is 6.36. The lowest BCUT2D eigenvalue weighted by Gasteiger charge is -2.13. The normalized spacial score (nSPS) is 11.2. The molecule has 0 atom stereocenters. The lowest BCUT2D eigenvalue weighted by molar-refractivity contribution is 0.304. The summed E-state index contributed by atoms with van der Waals surface area (Å²) in [4.78, 5) is 4.62. The summed E-state index contributed by atoms with van der Waals surface area (Å²) in [7, 11) is 0. The molecule has 0 bridgehead atoms. The van der Waals surface area contributed by atoms with Gasteiger partial charge in [-0.15, -0.1) is 0 Å². The highest BCUT2D eigenvalue weighted by atomic mass is 79.9. The number of nitrogens with zero attached hydrogens (tertiary/aromatic N) is 1. The molecule has 3 aromatic carbocycles. The van der Waals surface area contributed by atoms with E-state index in [1.807, 2.05) is 24.3 Å². The zero-order chi connectivity index (χ0) is 20.3. The fourth-order valence-corrected chi connectivity index (χ4v) is 4.40. The van der Waals surface area contributed by atoms with Crippen molar-refractivity contribution in [3.8, 4) is 5.75 Å².